The van der Waals surface area contributed by atoms with E-state index in [4.69, 9.17) is 10.3 Å². The van der Waals surface area contributed by atoms with E-state index in [-0.39, 0.29) is 17.6 Å². The molecule has 0 spiro atoms. The highest BCUT2D eigenvalue weighted by Crippen LogP contribution is 2.65. The average molecular weight is 761 g/mol. The summed E-state index contributed by atoms with van der Waals surface area (Å²) in [5.74, 6) is 0.284. The molecule has 51 heavy (non-hydrogen) atoms. The number of thiol groups is 1. The molecule has 0 bridgehead atoms. The molecule has 10 nitrogen and oxygen atoms in total. The lowest BCUT2D eigenvalue weighted by molar-refractivity contribution is -0.890. The number of nitrogens with zero attached hydrogens (tertiary/aromatic N) is 2. The first kappa shape index (κ1) is 49.6. The Morgan fingerprint density at radius 1 is 0.843 bits per heavy atom. The van der Waals surface area contributed by atoms with Crippen LogP contribution < -0.4 is 16.4 Å². The molecule has 0 aromatic carbocycles. The molecule has 0 aliphatic carbocycles. The smallest absolute Gasteiger partial charge is 0.265 e. The number of amides is 2. The summed E-state index contributed by atoms with van der Waals surface area (Å²) in [4.78, 5) is 29.1. The first-order valence-electron chi connectivity index (χ1n) is 19.4. The summed E-state index contributed by atoms with van der Waals surface area (Å²) in [5, 5.41) is 16.8. The molecule has 300 valence electrons. The molecule has 0 rings (SSSR count). The molecule has 0 radical (unpaired) electrons. The minimum atomic E-state index is -4.00. The second-order valence-corrected chi connectivity index (χ2v) is 19.4. The van der Waals surface area contributed by atoms with Crippen LogP contribution in [0.2, 0.25) is 0 Å². The van der Waals surface area contributed by atoms with Gasteiger partial charge in [-0.25, -0.2) is 0 Å². The van der Waals surface area contributed by atoms with Crippen molar-refractivity contribution in [1.29, 1.82) is 5.26 Å². The van der Waals surface area contributed by atoms with Crippen LogP contribution in [0.5, 0.6) is 0 Å². The van der Waals surface area contributed by atoms with Gasteiger partial charge in [0, 0.05) is 32.0 Å². The minimum absolute atomic E-state index is 0.0170. The number of nitrogens with two attached hydrogens (primary N) is 1. The third-order valence-electron chi connectivity index (χ3n) is 13.8. The lowest BCUT2D eigenvalue weighted by atomic mass is 9.42. The summed E-state index contributed by atoms with van der Waals surface area (Å²) in [6.07, 6.45) is 6.33. The molecule has 0 heterocycles. The van der Waals surface area contributed by atoms with Crippen LogP contribution in [0.15, 0.2) is 0 Å². The summed E-state index contributed by atoms with van der Waals surface area (Å²) in [6.45, 7) is 25.3. The van der Waals surface area contributed by atoms with E-state index < -0.39 is 48.6 Å². The van der Waals surface area contributed by atoms with Gasteiger partial charge in [0.1, 0.15) is 0 Å². The summed E-state index contributed by atoms with van der Waals surface area (Å²) in [5.41, 5.74) is 2.87. The van der Waals surface area contributed by atoms with Gasteiger partial charge in [0.05, 0.1) is 55.3 Å². The maximum atomic E-state index is 14.7. The van der Waals surface area contributed by atoms with E-state index in [1.165, 1.54) is 0 Å². The number of nitriles is 1. The van der Waals surface area contributed by atoms with Crippen LogP contribution in [0.25, 0.3) is 0 Å². The number of quaternary nitrogens is 1. The van der Waals surface area contributed by atoms with Crippen molar-refractivity contribution >= 4 is 34.6 Å². The van der Waals surface area contributed by atoms with Crippen molar-refractivity contribution in [3.63, 3.8) is 0 Å². The summed E-state index contributed by atoms with van der Waals surface area (Å²) in [7, 11) is 0.0269. The van der Waals surface area contributed by atoms with Gasteiger partial charge >= 0.3 is 0 Å². The van der Waals surface area contributed by atoms with Crippen molar-refractivity contribution in [2.45, 2.75) is 146 Å². The van der Waals surface area contributed by atoms with Gasteiger partial charge in [0.2, 0.25) is 11.8 Å². The Bertz CT molecular complexity index is 1260. The van der Waals surface area contributed by atoms with Crippen LogP contribution in [0.4, 0.5) is 0 Å². The first-order chi connectivity index (χ1) is 23.3. The van der Waals surface area contributed by atoms with Crippen LogP contribution in [0, 0.1) is 43.8 Å². The fourth-order valence-electron chi connectivity index (χ4n) is 8.76. The fourth-order valence-corrected chi connectivity index (χ4v) is 9.41. The SMILES string of the molecule is CCC(N)C(C)(CC(CC)(CC)C(C)(CC)C(C)(CC(C)(CC)C(C)(C)C#N)C(=O)NCCCS)C(=O)NCCC[N+](C)(C)CCCS(=O)(=O)O. The first-order valence-corrected chi connectivity index (χ1v) is 21.6. The topological polar surface area (TPSA) is 162 Å². The Balaban J connectivity index is 6.94. The van der Waals surface area contributed by atoms with Gasteiger partial charge in [-0.15, -0.1) is 0 Å². The number of rotatable bonds is 26. The van der Waals surface area contributed by atoms with Gasteiger partial charge in [-0.3, -0.25) is 14.1 Å². The monoisotopic (exact) mass is 761 g/mol. The number of hydrogen-bond acceptors (Lipinski definition) is 7. The van der Waals surface area contributed by atoms with Crippen molar-refractivity contribution in [2.75, 3.05) is 51.8 Å². The highest BCUT2D eigenvalue weighted by molar-refractivity contribution is 7.85. The normalized spacial score (nSPS) is 18.3. The molecule has 5 unspecified atom stereocenters. The van der Waals surface area contributed by atoms with Gasteiger partial charge < -0.3 is 20.9 Å². The Labute approximate surface area is 319 Å². The minimum Gasteiger partial charge on any atom is -0.356 e. The third kappa shape index (κ3) is 12.1. The van der Waals surface area contributed by atoms with E-state index in [1.54, 1.807) is 0 Å². The lowest BCUT2D eigenvalue weighted by Gasteiger charge is -2.61. The highest BCUT2D eigenvalue weighted by atomic mass is 32.2. The van der Waals surface area contributed by atoms with Crippen LogP contribution >= 0.6 is 12.6 Å². The van der Waals surface area contributed by atoms with Gasteiger partial charge in [-0.05, 0) is 94.1 Å². The Kier molecular flexibility index (Phi) is 19.3. The van der Waals surface area contributed by atoms with Crippen LogP contribution in [-0.4, -0.2) is 87.1 Å². The number of hydrogen-bond donors (Lipinski definition) is 5. The van der Waals surface area contributed by atoms with Gasteiger partial charge in [-0.2, -0.15) is 26.3 Å². The van der Waals surface area contributed by atoms with Crippen LogP contribution in [0.1, 0.15) is 140 Å². The van der Waals surface area contributed by atoms with Crippen molar-refractivity contribution in [1.82, 2.24) is 10.6 Å². The van der Waals surface area contributed by atoms with Crippen molar-refractivity contribution in [3.05, 3.63) is 0 Å². The second kappa shape index (κ2) is 19.8. The predicted molar refractivity (Wildman–Crippen MR) is 215 cm³/mol. The molecule has 5 N–H and O–H groups in total. The zero-order valence-corrected chi connectivity index (χ0v) is 36.5. The predicted octanol–water partition coefficient (Wildman–Crippen LogP) is 7.00. The summed E-state index contributed by atoms with van der Waals surface area (Å²) in [6, 6.07) is 2.14. The largest absolute Gasteiger partial charge is 0.356 e. The van der Waals surface area contributed by atoms with E-state index in [0.29, 0.717) is 68.4 Å². The molecular weight excluding hydrogens is 683 g/mol. The molecule has 2 amide bonds. The molecule has 0 aliphatic rings. The van der Waals surface area contributed by atoms with Crippen molar-refractivity contribution in [2.24, 2.45) is 38.2 Å². The Morgan fingerprint density at radius 2 is 1.35 bits per heavy atom. The molecule has 0 aromatic heterocycles. The number of carbonyl (C=O) groups excluding carboxylic acids is 2. The van der Waals surface area contributed by atoms with Crippen LogP contribution in [0.3, 0.4) is 0 Å². The Hall–Kier alpha value is -1.39. The van der Waals surface area contributed by atoms with Crippen molar-refractivity contribution in [3.8, 4) is 6.07 Å². The molecule has 0 fully saturated rings. The molecule has 5 atom stereocenters. The second-order valence-electron chi connectivity index (χ2n) is 17.4. The van der Waals surface area contributed by atoms with Gasteiger partial charge in [0.15, 0.2) is 0 Å². The van der Waals surface area contributed by atoms with E-state index in [0.717, 1.165) is 32.2 Å². The molecule has 0 aromatic rings. The average Bonchev–Trinajstić information content (AvgIpc) is 3.06. The zero-order valence-electron chi connectivity index (χ0n) is 34.8. The fraction of sp³-hybridized carbons (Fsp3) is 0.923. The highest BCUT2D eigenvalue weighted by Gasteiger charge is 2.63. The number of carbonyl (C=O) groups is 2. The van der Waals surface area contributed by atoms with Gasteiger partial charge in [0.25, 0.3) is 10.1 Å². The zero-order chi connectivity index (χ0) is 40.2. The molecular formula is C39H78N5O5S2+. The quantitative estimate of drug-likeness (QED) is 0.0274. The molecule has 0 saturated heterocycles. The lowest BCUT2D eigenvalue weighted by Crippen LogP contribution is -2.62. The number of nitrogens with one attached hydrogen (secondary N) is 2. The molecule has 0 aliphatic heterocycles. The van der Waals surface area contributed by atoms with E-state index in [9.17, 15) is 23.3 Å². The maximum Gasteiger partial charge on any atom is 0.265 e. The van der Waals surface area contributed by atoms with E-state index in [2.05, 4.69) is 77.8 Å². The standard InChI is InChI=1S/C39H77N5O5S2/c1-14-31(41)36(9,32(45)42-22-19-24-44(12,13)25-21-27-51(47,48)49)29-39(17-4,18-5)38(11,16-3)37(10,33(46)43-23-20-26-50)28-35(8,15-2)34(6,7)30-40/h31H,14-29,41H2,1-13H3,(H3-,42,43,45,46,47,48,49,50)/p+1. The third-order valence-corrected chi connectivity index (χ3v) is 14.9. The maximum absolute atomic E-state index is 14.7. The molecule has 0 saturated carbocycles. The van der Waals surface area contributed by atoms with Crippen LogP contribution in [-0.2, 0) is 19.7 Å². The summed E-state index contributed by atoms with van der Waals surface area (Å²) < 4.78 is 32.0. The van der Waals surface area contributed by atoms with Gasteiger partial charge in [-0.1, -0.05) is 55.4 Å². The molecule has 12 heteroatoms. The van der Waals surface area contributed by atoms with E-state index >= 15 is 0 Å². The Morgan fingerprint density at radius 3 is 1.78 bits per heavy atom. The van der Waals surface area contributed by atoms with Crippen molar-refractivity contribution < 1.29 is 27.0 Å². The summed E-state index contributed by atoms with van der Waals surface area (Å²) >= 11 is 4.38. The van der Waals surface area contributed by atoms with E-state index in [1.807, 2.05) is 41.8 Å².